The second-order valence-electron chi connectivity index (χ2n) is 8.15. The average molecular weight is 398 g/mol. The number of benzene rings is 2. The molecule has 0 amide bonds. The van der Waals surface area contributed by atoms with Crippen LogP contribution in [0.2, 0.25) is 0 Å². The van der Waals surface area contributed by atoms with E-state index < -0.39 is 22.8 Å². The maximum absolute atomic E-state index is 12.7. The van der Waals surface area contributed by atoms with Crippen molar-refractivity contribution in [3.63, 3.8) is 0 Å². The van der Waals surface area contributed by atoms with Crippen molar-refractivity contribution >= 4 is 22.7 Å². The van der Waals surface area contributed by atoms with Gasteiger partial charge in [-0.15, -0.1) is 0 Å². The van der Waals surface area contributed by atoms with Crippen LogP contribution in [-0.2, 0) is 15.0 Å². The summed E-state index contributed by atoms with van der Waals surface area (Å²) in [6, 6.07) is 16.0. The Morgan fingerprint density at radius 1 is 1.13 bits per heavy atom. The number of carbonyl (C=O) groups excluding carboxylic acids is 1. The van der Waals surface area contributed by atoms with E-state index in [1.807, 2.05) is 54.5 Å². The summed E-state index contributed by atoms with van der Waals surface area (Å²) in [4.78, 5) is 29.2. The number of nitrogens with two attached hydrogens (primary N) is 1. The van der Waals surface area contributed by atoms with E-state index in [0.717, 1.165) is 22.0 Å². The summed E-state index contributed by atoms with van der Waals surface area (Å²) in [7, 11) is 0. The number of carboxylic acids is 1. The number of hydrogen-bond acceptors (Lipinski definition) is 4. The van der Waals surface area contributed by atoms with Crippen LogP contribution < -0.4 is 5.73 Å². The zero-order chi connectivity index (χ0) is 21.5. The molecule has 1 aromatic heterocycles. The van der Waals surface area contributed by atoms with Gasteiger partial charge < -0.3 is 10.8 Å². The lowest BCUT2D eigenvalue weighted by atomic mass is 9.58. The van der Waals surface area contributed by atoms with Crippen molar-refractivity contribution < 1.29 is 14.7 Å². The van der Waals surface area contributed by atoms with E-state index in [1.54, 1.807) is 38.3 Å². The van der Waals surface area contributed by atoms with E-state index in [9.17, 15) is 14.7 Å². The van der Waals surface area contributed by atoms with Crippen LogP contribution in [-0.4, -0.2) is 28.0 Å². The monoisotopic (exact) mass is 398 g/mol. The molecule has 1 aliphatic rings. The normalized spacial score (nSPS) is 22.6. The van der Waals surface area contributed by atoms with Gasteiger partial charge in [0.15, 0.2) is 0 Å². The summed E-state index contributed by atoms with van der Waals surface area (Å²) in [6.45, 7) is 3.60. The highest BCUT2D eigenvalue weighted by Crippen LogP contribution is 2.48. The van der Waals surface area contributed by atoms with Crippen LogP contribution in [0.4, 0.5) is 0 Å². The quantitative estimate of drug-likeness (QED) is 0.515. The molecule has 1 heterocycles. The smallest absolute Gasteiger partial charge is 0.321 e. The molecule has 1 aliphatic carbocycles. The second-order valence-corrected chi connectivity index (χ2v) is 8.15. The van der Waals surface area contributed by atoms with Gasteiger partial charge in [-0.1, -0.05) is 62.4 Å². The van der Waals surface area contributed by atoms with Crippen LogP contribution >= 0.6 is 0 Å². The molecule has 3 N–H and O–H groups in total. The average Bonchev–Trinajstić information content (AvgIpc) is 2.74. The fraction of sp³-hybridized carbons (Fsp3) is 0.200. The first-order chi connectivity index (χ1) is 14.3. The maximum Gasteiger partial charge on any atom is 0.321 e. The summed E-state index contributed by atoms with van der Waals surface area (Å²) in [5, 5.41) is 12.2. The standard InChI is InChI=1S/C25H22N2O3/c1-24(2)12-11-22(26)25(23(29)30,21(24)15-28)17-10-9-16-6-5-7-18(19(16)14-17)20-8-3-4-13-27-20/h3-14,22H,26H2,1-2H3,(H,29,30). The Labute approximate surface area is 174 Å². The summed E-state index contributed by atoms with van der Waals surface area (Å²) in [6.07, 6.45) is 5.16. The molecule has 0 aliphatic heterocycles. The highest BCUT2D eigenvalue weighted by atomic mass is 16.4. The molecule has 2 unspecified atom stereocenters. The predicted octanol–water partition coefficient (Wildman–Crippen LogP) is 3.91. The van der Waals surface area contributed by atoms with Crippen molar-refractivity contribution in [2.24, 2.45) is 11.1 Å². The van der Waals surface area contributed by atoms with Crippen LogP contribution in [0.3, 0.4) is 0 Å². The van der Waals surface area contributed by atoms with Crippen LogP contribution in [0.5, 0.6) is 0 Å². The number of aromatic nitrogens is 1. The Morgan fingerprint density at radius 3 is 2.60 bits per heavy atom. The molecule has 2 atom stereocenters. The molecule has 0 spiro atoms. The zero-order valence-electron chi connectivity index (χ0n) is 16.8. The number of nitrogens with zero attached hydrogens (tertiary/aromatic N) is 1. The second kappa shape index (κ2) is 7.06. The molecule has 0 saturated carbocycles. The van der Waals surface area contributed by atoms with Gasteiger partial charge in [0.1, 0.15) is 11.4 Å². The number of pyridine rings is 1. The third kappa shape index (κ3) is 2.79. The highest BCUT2D eigenvalue weighted by molar-refractivity contribution is 5.99. The van der Waals surface area contributed by atoms with Crippen LogP contribution in [0.15, 0.2) is 78.5 Å². The minimum absolute atomic E-state index is 0.118. The van der Waals surface area contributed by atoms with E-state index in [-0.39, 0.29) is 5.57 Å². The first-order valence-electron chi connectivity index (χ1n) is 9.71. The van der Waals surface area contributed by atoms with Gasteiger partial charge in [0.25, 0.3) is 0 Å². The number of allylic oxidation sites excluding steroid dienone is 1. The van der Waals surface area contributed by atoms with Gasteiger partial charge in [0, 0.05) is 28.8 Å². The van der Waals surface area contributed by atoms with Gasteiger partial charge in [0.05, 0.1) is 5.69 Å². The molecular formula is C25H22N2O3. The first kappa shape index (κ1) is 19.8. The van der Waals surface area contributed by atoms with E-state index in [2.05, 4.69) is 4.98 Å². The zero-order valence-corrected chi connectivity index (χ0v) is 16.8. The lowest BCUT2D eigenvalue weighted by Gasteiger charge is -2.43. The lowest BCUT2D eigenvalue weighted by Crippen LogP contribution is -2.56. The molecule has 150 valence electrons. The molecule has 3 aromatic rings. The maximum atomic E-state index is 12.7. The van der Waals surface area contributed by atoms with Gasteiger partial charge in [-0.2, -0.15) is 0 Å². The van der Waals surface area contributed by atoms with Gasteiger partial charge in [0.2, 0.25) is 0 Å². The molecule has 30 heavy (non-hydrogen) atoms. The third-order valence-corrected chi connectivity index (χ3v) is 5.98. The Balaban J connectivity index is 2.05. The van der Waals surface area contributed by atoms with Crippen LogP contribution in [0.1, 0.15) is 19.4 Å². The molecule has 0 bridgehead atoms. The number of aliphatic carboxylic acids is 1. The summed E-state index contributed by atoms with van der Waals surface area (Å²) >= 11 is 0. The van der Waals surface area contributed by atoms with Crippen molar-refractivity contribution in [1.82, 2.24) is 4.98 Å². The Hall–Kier alpha value is -3.53. The number of rotatable bonds is 3. The number of carboxylic acid groups (broad SMARTS) is 1. The van der Waals surface area contributed by atoms with Crippen LogP contribution in [0, 0.1) is 5.41 Å². The molecule has 2 aromatic carbocycles. The number of hydrogen-bond donors (Lipinski definition) is 2. The molecule has 5 heteroatoms. The number of fused-ring (bicyclic) bond motifs is 1. The van der Waals surface area contributed by atoms with Gasteiger partial charge >= 0.3 is 5.97 Å². The van der Waals surface area contributed by atoms with E-state index in [1.165, 1.54) is 0 Å². The van der Waals surface area contributed by atoms with E-state index in [0.29, 0.717) is 5.56 Å². The Kier molecular flexibility index (Phi) is 4.65. The van der Waals surface area contributed by atoms with Crippen molar-refractivity contribution in [2.75, 3.05) is 0 Å². The lowest BCUT2D eigenvalue weighted by molar-refractivity contribution is -0.143. The van der Waals surface area contributed by atoms with Crippen molar-refractivity contribution in [1.29, 1.82) is 0 Å². The van der Waals surface area contributed by atoms with Crippen LogP contribution in [0.25, 0.3) is 22.0 Å². The van der Waals surface area contributed by atoms with E-state index >= 15 is 0 Å². The molecule has 0 radical (unpaired) electrons. The third-order valence-electron chi connectivity index (χ3n) is 5.98. The minimum atomic E-state index is -1.70. The Morgan fingerprint density at radius 2 is 1.93 bits per heavy atom. The summed E-state index contributed by atoms with van der Waals surface area (Å²) in [5.74, 6) is 0.766. The molecular weight excluding hydrogens is 376 g/mol. The van der Waals surface area contributed by atoms with Crippen molar-refractivity contribution in [3.05, 3.63) is 84.1 Å². The van der Waals surface area contributed by atoms with Gasteiger partial charge in [-0.3, -0.25) is 9.78 Å². The van der Waals surface area contributed by atoms with E-state index in [4.69, 9.17) is 5.73 Å². The summed E-state index contributed by atoms with van der Waals surface area (Å²) in [5.41, 5.74) is 6.09. The SMILES string of the molecule is CC1(C)C=CC(N)C(C(=O)O)(c2ccc3cccc(-c4ccccn4)c3c2)C1=C=O. The largest absolute Gasteiger partial charge is 0.480 e. The number of carbonyl (C=O) groups is 1. The van der Waals surface area contributed by atoms with Crippen molar-refractivity contribution in [3.8, 4) is 11.3 Å². The first-order valence-corrected chi connectivity index (χ1v) is 9.71. The van der Waals surface area contributed by atoms with Gasteiger partial charge in [-0.25, -0.2) is 4.79 Å². The minimum Gasteiger partial charge on any atom is -0.480 e. The molecule has 4 rings (SSSR count). The Bertz CT molecular complexity index is 1220. The topological polar surface area (TPSA) is 93.3 Å². The van der Waals surface area contributed by atoms with Crippen molar-refractivity contribution in [2.45, 2.75) is 25.3 Å². The predicted molar refractivity (Wildman–Crippen MR) is 117 cm³/mol. The van der Waals surface area contributed by atoms with Gasteiger partial charge in [-0.05, 0) is 34.5 Å². The molecule has 0 fully saturated rings. The fourth-order valence-corrected chi connectivity index (χ4v) is 4.43. The summed E-state index contributed by atoms with van der Waals surface area (Å²) < 4.78 is 0. The molecule has 0 saturated heterocycles. The molecule has 5 nitrogen and oxygen atoms in total. The highest BCUT2D eigenvalue weighted by Gasteiger charge is 2.55. The fourth-order valence-electron chi connectivity index (χ4n) is 4.43.